The van der Waals surface area contributed by atoms with Crippen LogP contribution in [0.1, 0.15) is 10.4 Å². The minimum atomic E-state index is -1.21. The van der Waals surface area contributed by atoms with Crippen LogP contribution in [0.2, 0.25) is 0 Å². The average molecular weight is 456 g/mol. The van der Waals surface area contributed by atoms with Crippen molar-refractivity contribution >= 4 is 69.7 Å². The first-order valence-electron chi connectivity index (χ1n) is 3.12. The predicted octanol–water partition coefficient (Wildman–Crippen LogP) is 4.57. The van der Waals surface area contributed by atoms with Gasteiger partial charge in [0.05, 0.1) is 14.5 Å². The minimum Gasteiger partial charge on any atom is -0.478 e. The van der Waals surface area contributed by atoms with Gasteiger partial charge >= 0.3 is 5.97 Å². The second kappa shape index (κ2) is 4.59. The summed E-state index contributed by atoms with van der Waals surface area (Å²) in [7, 11) is 0. The van der Waals surface area contributed by atoms with E-state index >= 15 is 0 Å². The van der Waals surface area contributed by atoms with E-state index in [4.69, 9.17) is 5.11 Å². The minimum absolute atomic E-state index is 0.0908. The molecule has 1 rings (SSSR count). The lowest BCUT2D eigenvalue weighted by Crippen LogP contribution is -2.02. The van der Waals surface area contributed by atoms with Gasteiger partial charge in [-0.2, -0.15) is 0 Å². The van der Waals surface area contributed by atoms with Crippen LogP contribution in [-0.2, 0) is 0 Å². The number of aromatic carboxylic acids is 1. The largest absolute Gasteiger partial charge is 0.478 e. The van der Waals surface area contributed by atoms with E-state index in [0.717, 1.165) is 0 Å². The zero-order chi connectivity index (χ0) is 11.0. The molecular formula is C7HBr4FO2. The number of hydrogen-bond donors (Lipinski definition) is 1. The zero-order valence-electron chi connectivity index (χ0n) is 6.25. The van der Waals surface area contributed by atoms with Crippen LogP contribution in [0.15, 0.2) is 17.9 Å². The lowest BCUT2D eigenvalue weighted by molar-refractivity contribution is 0.0694. The normalized spacial score (nSPS) is 10.4. The van der Waals surface area contributed by atoms with Crippen LogP contribution < -0.4 is 0 Å². The van der Waals surface area contributed by atoms with Crippen molar-refractivity contribution in [1.29, 1.82) is 0 Å². The molecule has 0 saturated heterocycles. The van der Waals surface area contributed by atoms with E-state index in [1.807, 2.05) is 0 Å². The molecule has 14 heavy (non-hydrogen) atoms. The first-order valence-corrected chi connectivity index (χ1v) is 6.29. The van der Waals surface area contributed by atoms with Crippen LogP contribution in [0.4, 0.5) is 4.39 Å². The van der Waals surface area contributed by atoms with Gasteiger partial charge in [-0.25, -0.2) is 9.18 Å². The molecule has 1 aromatic rings. The summed E-state index contributed by atoms with van der Waals surface area (Å²) in [6.45, 7) is 0. The fourth-order valence-corrected chi connectivity index (χ4v) is 3.49. The first-order chi connectivity index (χ1) is 6.37. The fourth-order valence-electron chi connectivity index (χ4n) is 0.793. The van der Waals surface area contributed by atoms with Crippen LogP contribution in [-0.4, -0.2) is 11.1 Å². The van der Waals surface area contributed by atoms with E-state index in [9.17, 15) is 9.18 Å². The van der Waals surface area contributed by atoms with Crippen molar-refractivity contribution < 1.29 is 14.3 Å². The second-order valence-electron chi connectivity index (χ2n) is 2.25. The monoisotopic (exact) mass is 452 g/mol. The maximum Gasteiger partial charge on any atom is 0.338 e. The average Bonchev–Trinajstić information content (AvgIpc) is 2.11. The molecule has 1 aromatic carbocycles. The fraction of sp³-hybridized carbons (Fsp3) is 0. The molecule has 0 radical (unpaired) electrons. The highest BCUT2D eigenvalue weighted by Gasteiger charge is 2.23. The Labute approximate surface area is 112 Å². The van der Waals surface area contributed by atoms with E-state index in [1.165, 1.54) is 0 Å². The van der Waals surface area contributed by atoms with Gasteiger partial charge in [0.15, 0.2) is 5.82 Å². The van der Waals surface area contributed by atoms with Gasteiger partial charge in [0.25, 0.3) is 0 Å². The van der Waals surface area contributed by atoms with Gasteiger partial charge in [-0.3, -0.25) is 0 Å². The summed E-state index contributed by atoms with van der Waals surface area (Å²) < 4.78 is 14.1. The SMILES string of the molecule is O=C(O)c1c(Br)c(F)c(Br)c(Br)c1Br. The summed E-state index contributed by atoms with van der Waals surface area (Å²) in [5.74, 6) is -1.87. The molecule has 0 aliphatic heterocycles. The molecule has 1 N–H and O–H groups in total. The van der Waals surface area contributed by atoms with Crippen molar-refractivity contribution in [2.24, 2.45) is 0 Å². The third-order valence-electron chi connectivity index (χ3n) is 1.42. The molecule has 0 amide bonds. The Morgan fingerprint density at radius 3 is 1.93 bits per heavy atom. The maximum atomic E-state index is 13.4. The molecular weight excluding hydrogens is 455 g/mol. The summed E-state index contributed by atoms with van der Waals surface area (Å²) in [6.07, 6.45) is 0. The maximum absolute atomic E-state index is 13.4. The Morgan fingerprint density at radius 2 is 1.50 bits per heavy atom. The van der Waals surface area contributed by atoms with Crippen LogP contribution in [0.3, 0.4) is 0 Å². The molecule has 0 unspecified atom stereocenters. The molecule has 2 nitrogen and oxygen atoms in total. The van der Waals surface area contributed by atoms with Crippen molar-refractivity contribution in [3.63, 3.8) is 0 Å². The standard InChI is InChI=1S/C7HBr4FO2/c8-2-1(7(13)14)3(9)6(12)5(11)4(2)10/h(H,13,14). The molecule has 0 atom stereocenters. The highest BCUT2D eigenvalue weighted by Crippen LogP contribution is 2.40. The first kappa shape index (κ1) is 12.6. The highest BCUT2D eigenvalue weighted by atomic mass is 79.9. The Hall–Kier alpha value is 0.540. The molecule has 0 saturated carbocycles. The van der Waals surface area contributed by atoms with Crippen molar-refractivity contribution in [2.75, 3.05) is 0 Å². The molecule has 7 heteroatoms. The Balaban J connectivity index is 3.68. The van der Waals surface area contributed by atoms with Crippen molar-refractivity contribution in [2.45, 2.75) is 0 Å². The molecule has 0 heterocycles. The number of carboxylic acids is 1. The summed E-state index contributed by atoms with van der Waals surface area (Å²) in [6, 6.07) is 0. The van der Waals surface area contributed by atoms with Crippen LogP contribution in [0, 0.1) is 5.82 Å². The zero-order valence-corrected chi connectivity index (χ0v) is 12.6. The van der Waals surface area contributed by atoms with Gasteiger partial charge in [-0.05, 0) is 63.7 Å². The van der Waals surface area contributed by atoms with Crippen molar-refractivity contribution in [1.82, 2.24) is 0 Å². The quantitative estimate of drug-likeness (QED) is 0.497. The summed E-state index contributed by atoms with van der Waals surface area (Å²) in [4.78, 5) is 10.8. The van der Waals surface area contributed by atoms with Crippen molar-refractivity contribution in [3.8, 4) is 0 Å². The van der Waals surface area contributed by atoms with Gasteiger partial charge in [0, 0.05) is 8.95 Å². The predicted molar refractivity (Wildman–Crippen MR) is 64.2 cm³/mol. The lowest BCUT2D eigenvalue weighted by atomic mass is 10.2. The third kappa shape index (κ3) is 2.05. The molecule has 0 aliphatic rings. The molecule has 0 fully saturated rings. The van der Waals surface area contributed by atoms with Gasteiger partial charge in [0.1, 0.15) is 0 Å². The summed E-state index contributed by atoms with van der Waals surface area (Å²) >= 11 is 12.0. The Bertz CT molecular complexity index is 390. The lowest BCUT2D eigenvalue weighted by Gasteiger charge is -2.08. The smallest absolute Gasteiger partial charge is 0.338 e. The van der Waals surface area contributed by atoms with Gasteiger partial charge in [-0.15, -0.1) is 0 Å². The van der Waals surface area contributed by atoms with Crippen LogP contribution in [0.5, 0.6) is 0 Å². The van der Waals surface area contributed by atoms with E-state index in [-0.39, 0.29) is 19.0 Å². The topological polar surface area (TPSA) is 37.3 Å². The van der Waals surface area contributed by atoms with Gasteiger partial charge in [-0.1, -0.05) is 0 Å². The number of carboxylic acid groups (broad SMARTS) is 1. The Kier molecular flexibility index (Phi) is 4.13. The molecule has 0 aromatic heterocycles. The van der Waals surface area contributed by atoms with Crippen LogP contribution >= 0.6 is 63.7 Å². The van der Waals surface area contributed by atoms with Crippen LogP contribution in [0.25, 0.3) is 0 Å². The van der Waals surface area contributed by atoms with Gasteiger partial charge < -0.3 is 5.11 Å². The number of carbonyl (C=O) groups is 1. The number of rotatable bonds is 1. The van der Waals surface area contributed by atoms with Gasteiger partial charge in [0.2, 0.25) is 0 Å². The molecule has 76 valence electrons. The second-order valence-corrected chi connectivity index (χ2v) is 5.42. The van der Waals surface area contributed by atoms with Crippen molar-refractivity contribution in [3.05, 3.63) is 29.3 Å². The summed E-state index contributed by atoms with van der Waals surface area (Å²) in [5.41, 5.74) is -0.155. The van der Waals surface area contributed by atoms with E-state index < -0.39 is 11.8 Å². The number of halogens is 5. The third-order valence-corrected chi connectivity index (χ3v) is 5.56. The highest BCUT2D eigenvalue weighted by molar-refractivity contribution is 9.14. The number of hydrogen-bond acceptors (Lipinski definition) is 1. The molecule has 0 aliphatic carbocycles. The number of benzene rings is 1. The van der Waals surface area contributed by atoms with E-state index in [0.29, 0.717) is 4.47 Å². The Morgan fingerprint density at radius 1 is 1.00 bits per heavy atom. The van der Waals surface area contributed by atoms with E-state index in [2.05, 4.69) is 63.7 Å². The van der Waals surface area contributed by atoms with E-state index in [1.54, 1.807) is 0 Å². The molecule has 0 spiro atoms. The molecule has 0 bridgehead atoms. The summed E-state index contributed by atoms with van der Waals surface area (Å²) in [5, 5.41) is 8.82.